The van der Waals surface area contributed by atoms with E-state index in [-0.39, 0.29) is 29.1 Å². The lowest BCUT2D eigenvalue weighted by Gasteiger charge is -2.28. The Morgan fingerprint density at radius 2 is 1.68 bits per heavy atom. The maximum atomic E-state index is 13.8. The van der Waals surface area contributed by atoms with E-state index in [0.717, 1.165) is 4.90 Å². The van der Waals surface area contributed by atoms with Crippen LogP contribution in [0.25, 0.3) is 0 Å². The van der Waals surface area contributed by atoms with Crippen molar-refractivity contribution in [3.63, 3.8) is 0 Å². The third-order valence-electron chi connectivity index (χ3n) is 6.11. The number of sulfonamides is 1. The van der Waals surface area contributed by atoms with Crippen LogP contribution >= 0.6 is 11.6 Å². The second kappa shape index (κ2) is 10.8. The summed E-state index contributed by atoms with van der Waals surface area (Å²) in [5.41, 5.74) is 0.955. The second-order valence-electron chi connectivity index (χ2n) is 8.42. The number of nitrogens with two attached hydrogens (primary N) is 1. The van der Waals surface area contributed by atoms with Gasteiger partial charge in [-0.3, -0.25) is 14.4 Å². The number of carbonyl (C=O) groups is 3. The summed E-state index contributed by atoms with van der Waals surface area (Å²) in [5.74, 6) is -0.973. The SMILES string of the molecule is COc1ccc(C(=O)N(Cc2ccccc2Cl)C2CC(=O)N(c3ccc(S(N)(=O)=O)cc3)C2=O)cc1OC. The molecule has 1 atom stereocenters. The Hall–Kier alpha value is -3.93. The fourth-order valence-electron chi connectivity index (χ4n) is 4.18. The van der Waals surface area contributed by atoms with Crippen molar-refractivity contribution in [1.29, 1.82) is 0 Å². The van der Waals surface area contributed by atoms with E-state index in [4.69, 9.17) is 26.2 Å². The predicted octanol–water partition coefficient (Wildman–Crippen LogP) is 2.98. The zero-order valence-corrected chi connectivity index (χ0v) is 22.0. The first-order valence-corrected chi connectivity index (χ1v) is 13.2. The third kappa shape index (κ3) is 5.35. The number of anilines is 1. The molecule has 1 saturated heterocycles. The van der Waals surface area contributed by atoms with Crippen LogP contribution in [0.3, 0.4) is 0 Å². The van der Waals surface area contributed by atoms with E-state index in [1.165, 1.54) is 55.5 Å². The topological polar surface area (TPSA) is 136 Å². The van der Waals surface area contributed by atoms with E-state index in [1.54, 1.807) is 30.3 Å². The molecule has 2 N–H and O–H groups in total. The summed E-state index contributed by atoms with van der Waals surface area (Å²) >= 11 is 6.36. The molecule has 1 heterocycles. The summed E-state index contributed by atoms with van der Waals surface area (Å²) in [6.45, 7) is -0.0469. The highest BCUT2D eigenvalue weighted by molar-refractivity contribution is 7.89. The summed E-state index contributed by atoms with van der Waals surface area (Å²) in [5, 5.41) is 5.54. The molecule has 0 radical (unpaired) electrons. The molecule has 10 nitrogen and oxygen atoms in total. The van der Waals surface area contributed by atoms with Crippen LogP contribution < -0.4 is 19.5 Å². The van der Waals surface area contributed by atoms with Crippen LogP contribution in [-0.2, 0) is 26.2 Å². The lowest BCUT2D eigenvalue weighted by atomic mass is 10.1. The van der Waals surface area contributed by atoms with Gasteiger partial charge < -0.3 is 14.4 Å². The Morgan fingerprint density at radius 3 is 2.29 bits per heavy atom. The number of amides is 3. The van der Waals surface area contributed by atoms with Crippen molar-refractivity contribution < 1.29 is 32.3 Å². The molecule has 1 unspecified atom stereocenters. The van der Waals surface area contributed by atoms with Crippen molar-refractivity contribution >= 4 is 45.0 Å². The Bertz CT molecular complexity index is 1510. The molecule has 0 aromatic heterocycles. The molecule has 1 aliphatic rings. The Balaban J connectivity index is 1.72. The minimum absolute atomic E-state index is 0.0469. The number of hydrogen-bond donors (Lipinski definition) is 1. The molecular formula is C26H24ClN3O7S. The molecule has 38 heavy (non-hydrogen) atoms. The first-order chi connectivity index (χ1) is 18.0. The van der Waals surface area contributed by atoms with E-state index >= 15 is 0 Å². The molecule has 3 amide bonds. The first-order valence-electron chi connectivity index (χ1n) is 11.3. The summed E-state index contributed by atoms with van der Waals surface area (Å²) in [7, 11) is -1.05. The minimum Gasteiger partial charge on any atom is -0.493 e. The molecule has 0 saturated carbocycles. The van der Waals surface area contributed by atoms with Crippen molar-refractivity contribution in [2.24, 2.45) is 5.14 Å². The average molecular weight is 558 g/mol. The maximum Gasteiger partial charge on any atom is 0.257 e. The molecule has 198 valence electrons. The van der Waals surface area contributed by atoms with Gasteiger partial charge in [-0.1, -0.05) is 29.8 Å². The summed E-state index contributed by atoms with van der Waals surface area (Å²) in [6, 6.07) is 15.4. The highest BCUT2D eigenvalue weighted by Gasteiger charge is 2.44. The van der Waals surface area contributed by atoms with Gasteiger partial charge in [0, 0.05) is 17.1 Å². The normalized spacial score (nSPS) is 15.5. The van der Waals surface area contributed by atoms with E-state index in [2.05, 4.69) is 0 Å². The molecule has 3 aromatic carbocycles. The molecule has 4 rings (SSSR count). The van der Waals surface area contributed by atoms with Crippen molar-refractivity contribution in [2.45, 2.75) is 23.9 Å². The Kier molecular flexibility index (Phi) is 7.72. The van der Waals surface area contributed by atoms with Crippen LogP contribution in [0.4, 0.5) is 5.69 Å². The van der Waals surface area contributed by atoms with Crippen molar-refractivity contribution in [3.8, 4) is 11.5 Å². The monoisotopic (exact) mass is 557 g/mol. The molecule has 0 spiro atoms. The van der Waals surface area contributed by atoms with E-state index in [0.29, 0.717) is 22.1 Å². The zero-order chi connectivity index (χ0) is 27.6. The number of nitrogens with zero attached hydrogens (tertiary/aromatic N) is 2. The number of methoxy groups -OCH3 is 2. The number of rotatable bonds is 8. The number of benzene rings is 3. The molecule has 3 aromatic rings. The van der Waals surface area contributed by atoms with Gasteiger partial charge in [-0.25, -0.2) is 18.5 Å². The van der Waals surface area contributed by atoms with E-state index < -0.39 is 33.8 Å². The predicted molar refractivity (Wildman–Crippen MR) is 140 cm³/mol. The molecule has 1 aliphatic heterocycles. The molecule has 0 aliphatic carbocycles. The highest BCUT2D eigenvalue weighted by atomic mass is 35.5. The van der Waals surface area contributed by atoms with Gasteiger partial charge in [-0.05, 0) is 54.1 Å². The van der Waals surface area contributed by atoms with Gasteiger partial charge >= 0.3 is 0 Å². The van der Waals surface area contributed by atoms with E-state index in [9.17, 15) is 22.8 Å². The first kappa shape index (κ1) is 27.1. The summed E-state index contributed by atoms with van der Waals surface area (Å²) in [4.78, 5) is 42.4. The number of carbonyl (C=O) groups excluding carboxylic acids is 3. The number of ether oxygens (including phenoxy) is 2. The van der Waals surface area contributed by atoms with Crippen molar-refractivity contribution in [1.82, 2.24) is 4.90 Å². The fourth-order valence-corrected chi connectivity index (χ4v) is 4.90. The smallest absolute Gasteiger partial charge is 0.257 e. The largest absolute Gasteiger partial charge is 0.493 e. The fraction of sp³-hybridized carbons (Fsp3) is 0.192. The molecule has 0 bridgehead atoms. The van der Waals surface area contributed by atoms with Gasteiger partial charge in [0.1, 0.15) is 6.04 Å². The maximum absolute atomic E-state index is 13.8. The summed E-state index contributed by atoms with van der Waals surface area (Å²) < 4.78 is 33.7. The average Bonchev–Trinajstić information content (AvgIpc) is 3.20. The Morgan fingerprint density at radius 1 is 1.03 bits per heavy atom. The van der Waals surface area contributed by atoms with Gasteiger partial charge in [0.05, 0.1) is 31.2 Å². The van der Waals surface area contributed by atoms with Crippen LogP contribution in [0.15, 0.2) is 71.6 Å². The molecule has 12 heteroatoms. The number of hydrogen-bond acceptors (Lipinski definition) is 7. The third-order valence-corrected chi connectivity index (χ3v) is 7.41. The van der Waals surface area contributed by atoms with Crippen LogP contribution in [0.1, 0.15) is 22.3 Å². The van der Waals surface area contributed by atoms with E-state index in [1.807, 2.05) is 0 Å². The van der Waals surface area contributed by atoms with Gasteiger partial charge in [0.2, 0.25) is 15.9 Å². The van der Waals surface area contributed by atoms with Crippen molar-refractivity contribution in [2.75, 3.05) is 19.1 Å². The van der Waals surface area contributed by atoms with Gasteiger partial charge in [-0.2, -0.15) is 0 Å². The van der Waals surface area contributed by atoms with Gasteiger partial charge in [0.15, 0.2) is 11.5 Å². The number of halogens is 1. The van der Waals surface area contributed by atoms with Gasteiger partial charge in [0.25, 0.3) is 11.8 Å². The van der Waals surface area contributed by atoms with Crippen LogP contribution in [0.5, 0.6) is 11.5 Å². The molecule has 1 fully saturated rings. The zero-order valence-electron chi connectivity index (χ0n) is 20.5. The number of imide groups is 1. The minimum atomic E-state index is -3.96. The lowest BCUT2D eigenvalue weighted by Crippen LogP contribution is -2.45. The number of primary sulfonamides is 1. The summed E-state index contributed by atoms with van der Waals surface area (Å²) in [6.07, 6.45) is -0.279. The highest BCUT2D eigenvalue weighted by Crippen LogP contribution is 2.32. The van der Waals surface area contributed by atoms with Crippen molar-refractivity contribution in [3.05, 3.63) is 82.9 Å². The molecular weight excluding hydrogens is 534 g/mol. The van der Waals surface area contributed by atoms with Gasteiger partial charge in [-0.15, -0.1) is 0 Å². The van der Waals surface area contributed by atoms with Crippen LogP contribution in [0.2, 0.25) is 5.02 Å². The standard InChI is InChI=1S/C26H24ClN3O7S/c1-36-22-12-7-16(13-23(22)37-2)25(32)29(15-17-5-3-4-6-20(17)27)21-14-24(31)30(26(21)33)18-8-10-19(11-9-18)38(28,34)35/h3-13,21H,14-15H2,1-2H3,(H2,28,34,35). The second-order valence-corrected chi connectivity index (χ2v) is 10.4. The van der Waals surface area contributed by atoms with Crippen LogP contribution in [0, 0.1) is 0 Å². The Labute approximate surface area is 224 Å². The van der Waals surface area contributed by atoms with Crippen LogP contribution in [-0.4, -0.2) is 51.3 Å². The quantitative estimate of drug-likeness (QED) is 0.420. The lowest BCUT2D eigenvalue weighted by molar-refractivity contribution is -0.122.